The third-order valence-corrected chi connectivity index (χ3v) is 2.45. The first-order chi connectivity index (χ1) is 7.74. The topological polar surface area (TPSA) is 38.1 Å². The van der Waals surface area contributed by atoms with E-state index in [2.05, 4.69) is 26.2 Å². The monoisotopic (exact) mass is 284 g/mol. The van der Waals surface area contributed by atoms with Crippen LogP contribution in [0, 0.1) is 5.95 Å². The SMILES string of the molecule is Fc1cccc(NCCc2ccc(Br)o2)n1. The van der Waals surface area contributed by atoms with Gasteiger partial charge in [-0.2, -0.15) is 4.39 Å². The van der Waals surface area contributed by atoms with Gasteiger partial charge in [0, 0.05) is 13.0 Å². The van der Waals surface area contributed by atoms with Crippen molar-refractivity contribution in [2.24, 2.45) is 0 Å². The van der Waals surface area contributed by atoms with Gasteiger partial charge in [-0.3, -0.25) is 0 Å². The van der Waals surface area contributed by atoms with E-state index in [1.807, 2.05) is 12.1 Å². The summed E-state index contributed by atoms with van der Waals surface area (Å²) in [6.45, 7) is 0.649. The molecule has 0 unspecified atom stereocenters. The Morgan fingerprint density at radius 1 is 1.31 bits per heavy atom. The smallest absolute Gasteiger partial charge is 0.214 e. The number of anilines is 1. The summed E-state index contributed by atoms with van der Waals surface area (Å²) >= 11 is 3.23. The Labute approximate surface area is 101 Å². The molecule has 3 nitrogen and oxygen atoms in total. The summed E-state index contributed by atoms with van der Waals surface area (Å²) in [5.74, 6) is 0.923. The molecule has 84 valence electrons. The van der Waals surface area contributed by atoms with Gasteiger partial charge in [0.05, 0.1) is 0 Å². The number of furan rings is 1. The number of nitrogens with zero attached hydrogens (tertiary/aromatic N) is 1. The fraction of sp³-hybridized carbons (Fsp3) is 0.182. The van der Waals surface area contributed by atoms with Crippen LogP contribution in [0.4, 0.5) is 10.2 Å². The largest absolute Gasteiger partial charge is 0.454 e. The van der Waals surface area contributed by atoms with Gasteiger partial charge >= 0.3 is 0 Å². The molecular weight excluding hydrogens is 275 g/mol. The van der Waals surface area contributed by atoms with E-state index >= 15 is 0 Å². The molecule has 0 amide bonds. The summed E-state index contributed by atoms with van der Waals surface area (Å²) in [6.07, 6.45) is 0.726. The number of halogens is 2. The number of hydrogen-bond donors (Lipinski definition) is 1. The summed E-state index contributed by atoms with van der Waals surface area (Å²) in [4.78, 5) is 3.69. The van der Waals surface area contributed by atoms with Gasteiger partial charge in [-0.25, -0.2) is 4.98 Å². The van der Waals surface area contributed by atoms with E-state index in [9.17, 15) is 4.39 Å². The predicted octanol–water partition coefficient (Wildman–Crippen LogP) is 3.23. The first-order valence-corrected chi connectivity index (χ1v) is 5.64. The van der Waals surface area contributed by atoms with E-state index in [0.717, 1.165) is 12.2 Å². The highest BCUT2D eigenvalue weighted by Gasteiger charge is 2.00. The lowest BCUT2D eigenvalue weighted by Crippen LogP contribution is -2.06. The van der Waals surface area contributed by atoms with E-state index in [-0.39, 0.29) is 0 Å². The first kappa shape index (κ1) is 11.1. The molecule has 0 atom stereocenters. The van der Waals surface area contributed by atoms with Gasteiger partial charge in [-0.15, -0.1) is 0 Å². The van der Waals surface area contributed by atoms with Gasteiger partial charge < -0.3 is 9.73 Å². The summed E-state index contributed by atoms with van der Waals surface area (Å²) in [5, 5.41) is 3.02. The molecular formula is C11H10BrFN2O. The maximum atomic E-state index is 12.7. The highest BCUT2D eigenvalue weighted by atomic mass is 79.9. The number of pyridine rings is 1. The molecule has 2 heterocycles. The van der Waals surface area contributed by atoms with E-state index in [0.29, 0.717) is 17.0 Å². The average Bonchev–Trinajstić information content (AvgIpc) is 2.64. The maximum absolute atomic E-state index is 12.7. The molecule has 0 saturated heterocycles. The van der Waals surface area contributed by atoms with Gasteiger partial charge in [0.25, 0.3) is 0 Å². The Bertz CT molecular complexity index is 473. The molecule has 1 N–H and O–H groups in total. The van der Waals surface area contributed by atoms with Crippen LogP contribution >= 0.6 is 15.9 Å². The maximum Gasteiger partial charge on any atom is 0.214 e. The molecule has 5 heteroatoms. The Morgan fingerprint density at radius 3 is 2.88 bits per heavy atom. The van der Waals surface area contributed by atoms with Gasteiger partial charge in [-0.05, 0) is 40.2 Å². The van der Waals surface area contributed by atoms with Crippen LogP contribution in [-0.2, 0) is 6.42 Å². The molecule has 0 aliphatic carbocycles. The molecule has 0 fully saturated rings. The van der Waals surface area contributed by atoms with Crippen LogP contribution in [0.15, 0.2) is 39.4 Å². The third-order valence-electron chi connectivity index (χ3n) is 2.02. The number of nitrogens with one attached hydrogen (secondary N) is 1. The van der Waals surface area contributed by atoms with Crippen molar-refractivity contribution in [2.75, 3.05) is 11.9 Å². The molecule has 0 saturated carbocycles. The Morgan fingerprint density at radius 2 is 2.19 bits per heavy atom. The minimum atomic E-state index is -0.481. The van der Waals surface area contributed by atoms with Crippen molar-refractivity contribution in [3.8, 4) is 0 Å². The van der Waals surface area contributed by atoms with Crippen LogP contribution in [0.5, 0.6) is 0 Å². The van der Waals surface area contributed by atoms with E-state index in [1.54, 1.807) is 12.1 Å². The zero-order valence-electron chi connectivity index (χ0n) is 8.41. The lowest BCUT2D eigenvalue weighted by atomic mass is 10.3. The summed E-state index contributed by atoms with van der Waals surface area (Å²) < 4.78 is 18.8. The normalized spacial score (nSPS) is 10.4. The van der Waals surface area contributed by atoms with Gasteiger partial charge in [0.2, 0.25) is 5.95 Å². The predicted molar refractivity (Wildman–Crippen MR) is 62.8 cm³/mol. The molecule has 0 radical (unpaired) electrons. The summed E-state index contributed by atoms with van der Waals surface area (Å²) in [7, 11) is 0. The van der Waals surface area contributed by atoms with E-state index in [4.69, 9.17) is 4.42 Å². The lowest BCUT2D eigenvalue weighted by molar-refractivity contribution is 0.491. The fourth-order valence-electron chi connectivity index (χ4n) is 1.31. The first-order valence-electron chi connectivity index (χ1n) is 4.85. The van der Waals surface area contributed by atoms with E-state index < -0.39 is 5.95 Å². The van der Waals surface area contributed by atoms with E-state index in [1.165, 1.54) is 6.07 Å². The number of hydrogen-bond acceptors (Lipinski definition) is 3. The molecule has 2 rings (SSSR count). The van der Waals surface area contributed by atoms with Crippen LogP contribution in [0.2, 0.25) is 0 Å². The molecule has 0 aliphatic rings. The van der Waals surface area contributed by atoms with Gasteiger partial charge in [-0.1, -0.05) is 6.07 Å². The van der Waals surface area contributed by atoms with Crippen molar-refractivity contribution in [2.45, 2.75) is 6.42 Å². The summed E-state index contributed by atoms with van der Waals surface area (Å²) in [5.41, 5.74) is 0. The molecule has 16 heavy (non-hydrogen) atoms. The van der Waals surface area contributed by atoms with Gasteiger partial charge in [0.1, 0.15) is 11.6 Å². The van der Waals surface area contributed by atoms with Crippen LogP contribution < -0.4 is 5.32 Å². The minimum Gasteiger partial charge on any atom is -0.454 e. The van der Waals surface area contributed by atoms with Crippen molar-refractivity contribution in [3.05, 3.63) is 46.7 Å². The number of aromatic nitrogens is 1. The average molecular weight is 285 g/mol. The van der Waals surface area contributed by atoms with Crippen LogP contribution in [0.3, 0.4) is 0 Å². The van der Waals surface area contributed by atoms with Crippen molar-refractivity contribution < 1.29 is 8.81 Å². The van der Waals surface area contributed by atoms with Crippen molar-refractivity contribution >= 4 is 21.7 Å². The number of rotatable bonds is 4. The summed E-state index contributed by atoms with van der Waals surface area (Å²) in [6, 6.07) is 8.39. The van der Waals surface area contributed by atoms with Crippen LogP contribution in [-0.4, -0.2) is 11.5 Å². The minimum absolute atomic E-state index is 0.481. The second kappa shape index (κ2) is 5.12. The van der Waals surface area contributed by atoms with Crippen molar-refractivity contribution in [3.63, 3.8) is 0 Å². The van der Waals surface area contributed by atoms with Crippen LogP contribution in [0.1, 0.15) is 5.76 Å². The lowest BCUT2D eigenvalue weighted by Gasteiger charge is -2.03. The molecule has 0 aromatic carbocycles. The van der Waals surface area contributed by atoms with Crippen LogP contribution in [0.25, 0.3) is 0 Å². The highest BCUT2D eigenvalue weighted by Crippen LogP contribution is 2.14. The third kappa shape index (κ3) is 3.06. The molecule has 0 spiro atoms. The van der Waals surface area contributed by atoms with Gasteiger partial charge in [0.15, 0.2) is 4.67 Å². The Balaban J connectivity index is 1.84. The zero-order valence-corrected chi connectivity index (χ0v) is 10.00. The second-order valence-electron chi connectivity index (χ2n) is 3.23. The fourth-order valence-corrected chi connectivity index (χ4v) is 1.65. The Kier molecular flexibility index (Phi) is 3.56. The van der Waals surface area contributed by atoms with Crippen molar-refractivity contribution in [1.29, 1.82) is 0 Å². The highest BCUT2D eigenvalue weighted by molar-refractivity contribution is 9.10. The standard InChI is InChI=1S/C11H10BrFN2O/c12-9-5-4-8(16-9)6-7-14-11-3-1-2-10(13)15-11/h1-5H,6-7H2,(H,14,15). The molecule has 2 aromatic heterocycles. The zero-order chi connectivity index (χ0) is 11.4. The van der Waals surface area contributed by atoms with Crippen molar-refractivity contribution in [1.82, 2.24) is 4.98 Å². The molecule has 0 bridgehead atoms. The quantitative estimate of drug-likeness (QED) is 0.876. The molecule has 0 aliphatic heterocycles. The second-order valence-corrected chi connectivity index (χ2v) is 4.01. The molecule has 2 aromatic rings. The Hall–Kier alpha value is -1.36.